The Morgan fingerprint density at radius 3 is 2.39 bits per heavy atom. The molecule has 2 N–H and O–H groups in total. The molecule has 3 aromatic carbocycles. The third-order valence-electron chi connectivity index (χ3n) is 5.22. The minimum Gasteiger partial charge on any atom is -0.338 e. The molecule has 3 heterocycles. The van der Waals surface area contributed by atoms with E-state index >= 15 is 0 Å². The largest absolute Gasteiger partial charge is 0.338 e. The number of H-pyrrole nitrogens is 1. The highest BCUT2D eigenvalue weighted by Crippen LogP contribution is 2.30. The summed E-state index contributed by atoms with van der Waals surface area (Å²) in [6, 6.07) is 23.2. The second-order valence-corrected chi connectivity index (χ2v) is 8.40. The van der Waals surface area contributed by atoms with Crippen LogP contribution in [0.2, 0.25) is 0 Å². The number of rotatable bonds is 4. The Bertz CT molecular complexity index is 1550. The van der Waals surface area contributed by atoms with Crippen molar-refractivity contribution in [3.63, 3.8) is 0 Å². The molecule has 0 fully saturated rings. The van der Waals surface area contributed by atoms with Gasteiger partial charge in [-0.15, -0.1) is 11.3 Å². The summed E-state index contributed by atoms with van der Waals surface area (Å²) in [7, 11) is 0. The van der Waals surface area contributed by atoms with Gasteiger partial charge in [-0.25, -0.2) is 19.9 Å². The van der Waals surface area contributed by atoms with Gasteiger partial charge < -0.3 is 10.3 Å². The number of imidazole rings is 1. The number of hydrogen-bond donors (Lipinski definition) is 2. The van der Waals surface area contributed by atoms with Crippen molar-refractivity contribution in [3.05, 3.63) is 90.9 Å². The molecule has 0 aliphatic carbocycles. The number of fused-ring (bicyclic) bond motifs is 2. The lowest BCUT2D eigenvalue weighted by Gasteiger charge is -2.07. The number of anilines is 1. The number of aromatic amines is 1. The molecule has 0 saturated heterocycles. The molecule has 1 amide bonds. The van der Waals surface area contributed by atoms with Gasteiger partial charge in [0.05, 0.1) is 21.3 Å². The molecule has 33 heavy (non-hydrogen) atoms. The van der Waals surface area contributed by atoms with Crippen molar-refractivity contribution in [3.8, 4) is 22.1 Å². The first kappa shape index (κ1) is 19.3. The van der Waals surface area contributed by atoms with E-state index in [0.29, 0.717) is 16.4 Å². The molecule has 0 aliphatic heterocycles. The Hall–Kier alpha value is -4.43. The van der Waals surface area contributed by atoms with Crippen LogP contribution in [0.4, 0.5) is 5.69 Å². The summed E-state index contributed by atoms with van der Waals surface area (Å²) < 4.78 is 1.03. The van der Waals surface area contributed by atoms with Crippen molar-refractivity contribution in [2.75, 3.05) is 5.32 Å². The van der Waals surface area contributed by atoms with Gasteiger partial charge in [0.2, 0.25) is 0 Å². The molecule has 0 atom stereocenters. The quantitative estimate of drug-likeness (QED) is 0.369. The number of nitrogens with zero attached hydrogens (tertiary/aromatic N) is 4. The van der Waals surface area contributed by atoms with E-state index in [1.807, 2.05) is 72.8 Å². The number of thiazole rings is 1. The van der Waals surface area contributed by atoms with Crippen LogP contribution in [0.25, 0.3) is 43.3 Å². The normalized spacial score (nSPS) is 11.2. The Labute approximate surface area is 192 Å². The Morgan fingerprint density at radius 1 is 0.818 bits per heavy atom. The van der Waals surface area contributed by atoms with E-state index in [-0.39, 0.29) is 11.6 Å². The molecule has 7 nitrogen and oxygen atoms in total. The van der Waals surface area contributed by atoms with Crippen LogP contribution in [0.15, 0.2) is 85.2 Å². The molecule has 0 radical (unpaired) electrons. The monoisotopic (exact) mass is 448 g/mol. The fraction of sp³-hybridized carbons (Fsp3) is 0. The average Bonchev–Trinajstić information content (AvgIpc) is 3.49. The van der Waals surface area contributed by atoms with E-state index in [4.69, 9.17) is 0 Å². The third kappa shape index (κ3) is 3.62. The van der Waals surface area contributed by atoms with E-state index in [9.17, 15) is 4.79 Å². The summed E-state index contributed by atoms with van der Waals surface area (Å²) in [5, 5.41) is 3.57. The first-order chi connectivity index (χ1) is 16.2. The molecule has 3 aromatic heterocycles. The van der Waals surface area contributed by atoms with Crippen LogP contribution < -0.4 is 5.32 Å². The van der Waals surface area contributed by atoms with Crippen molar-refractivity contribution in [2.24, 2.45) is 0 Å². The van der Waals surface area contributed by atoms with Crippen molar-refractivity contribution in [1.82, 2.24) is 24.9 Å². The molecule has 6 aromatic rings. The fourth-order valence-electron chi connectivity index (χ4n) is 3.63. The molecular formula is C25H16N6OS. The number of nitrogens with one attached hydrogen (secondary N) is 2. The maximum absolute atomic E-state index is 13.0. The highest BCUT2D eigenvalue weighted by atomic mass is 32.1. The Kier molecular flexibility index (Phi) is 4.63. The molecule has 6 rings (SSSR count). The van der Waals surface area contributed by atoms with Crippen molar-refractivity contribution < 1.29 is 4.79 Å². The average molecular weight is 449 g/mol. The summed E-state index contributed by atoms with van der Waals surface area (Å²) in [5.41, 5.74) is 5.05. The first-order valence-electron chi connectivity index (χ1n) is 10.3. The second-order valence-electron chi connectivity index (χ2n) is 7.37. The van der Waals surface area contributed by atoms with Gasteiger partial charge in [0, 0.05) is 23.6 Å². The van der Waals surface area contributed by atoms with Crippen LogP contribution >= 0.6 is 11.3 Å². The van der Waals surface area contributed by atoms with Gasteiger partial charge >= 0.3 is 0 Å². The van der Waals surface area contributed by atoms with E-state index in [2.05, 4.69) is 30.2 Å². The number of benzene rings is 3. The Morgan fingerprint density at radius 2 is 1.58 bits per heavy atom. The van der Waals surface area contributed by atoms with Gasteiger partial charge in [0.1, 0.15) is 16.5 Å². The molecule has 0 aliphatic rings. The van der Waals surface area contributed by atoms with Gasteiger partial charge in [0.15, 0.2) is 5.69 Å². The Balaban J connectivity index is 1.26. The van der Waals surface area contributed by atoms with Gasteiger partial charge in [-0.1, -0.05) is 24.3 Å². The second kappa shape index (κ2) is 7.92. The lowest BCUT2D eigenvalue weighted by molar-refractivity contribution is 0.102. The smallest absolute Gasteiger partial charge is 0.276 e. The van der Waals surface area contributed by atoms with E-state index in [0.717, 1.165) is 32.6 Å². The highest BCUT2D eigenvalue weighted by molar-refractivity contribution is 7.21. The van der Waals surface area contributed by atoms with E-state index < -0.39 is 0 Å². The zero-order valence-corrected chi connectivity index (χ0v) is 18.0. The van der Waals surface area contributed by atoms with Crippen LogP contribution in [-0.4, -0.2) is 30.8 Å². The fourth-order valence-corrected chi connectivity index (χ4v) is 4.59. The van der Waals surface area contributed by atoms with Crippen LogP contribution in [-0.2, 0) is 0 Å². The lowest BCUT2D eigenvalue weighted by Crippen LogP contribution is -2.15. The molecule has 0 bridgehead atoms. The molecule has 0 saturated carbocycles. The predicted octanol–water partition coefficient (Wildman–Crippen LogP) is 5.55. The number of hydrogen-bond acceptors (Lipinski definition) is 6. The number of amides is 1. The van der Waals surface area contributed by atoms with Gasteiger partial charge in [-0.3, -0.25) is 4.79 Å². The molecule has 8 heteroatoms. The predicted molar refractivity (Wildman–Crippen MR) is 130 cm³/mol. The molecule has 0 spiro atoms. The third-order valence-corrected chi connectivity index (χ3v) is 6.26. The van der Waals surface area contributed by atoms with Crippen molar-refractivity contribution in [2.45, 2.75) is 0 Å². The number of carbonyl (C=O) groups is 1. The SMILES string of the molecule is O=C(Nc1ccc(-c2nc3ccccc3[nH]2)cc1)c1nccnc1-c1nc2ccccc2s1. The number of para-hydroxylation sites is 3. The number of carbonyl (C=O) groups excluding carboxylic acids is 1. The maximum atomic E-state index is 13.0. The van der Waals surface area contributed by atoms with Gasteiger partial charge in [-0.05, 0) is 48.5 Å². The zero-order valence-electron chi connectivity index (χ0n) is 17.2. The molecular weight excluding hydrogens is 432 g/mol. The number of aromatic nitrogens is 5. The summed E-state index contributed by atoms with van der Waals surface area (Å²) in [6.45, 7) is 0. The van der Waals surface area contributed by atoms with E-state index in [1.165, 1.54) is 17.5 Å². The van der Waals surface area contributed by atoms with Crippen molar-refractivity contribution in [1.29, 1.82) is 0 Å². The maximum Gasteiger partial charge on any atom is 0.276 e. The minimum absolute atomic E-state index is 0.234. The summed E-state index contributed by atoms with van der Waals surface area (Å²) in [5.74, 6) is 0.440. The summed E-state index contributed by atoms with van der Waals surface area (Å²) in [6.07, 6.45) is 3.08. The summed E-state index contributed by atoms with van der Waals surface area (Å²) in [4.78, 5) is 34.3. The van der Waals surface area contributed by atoms with Crippen LogP contribution in [0.1, 0.15) is 10.5 Å². The van der Waals surface area contributed by atoms with Crippen molar-refractivity contribution >= 4 is 44.2 Å². The first-order valence-corrected chi connectivity index (χ1v) is 11.1. The molecule has 0 unspecified atom stereocenters. The highest BCUT2D eigenvalue weighted by Gasteiger charge is 2.19. The van der Waals surface area contributed by atoms with Crippen LogP contribution in [0.5, 0.6) is 0 Å². The summed E-state index contributed by atoms with van der Waals surface area (Å²) >= 11 is 1.49. The van der Waals surface area contributed by atoms with Crippen LogP contribution in [0, 0.1) is 0 Å². The topological polar surface area (TPSA) is 96.5 Å². The van der Waals surface area contributed by atoms with E-state index in [1.54, 1.807) is 6.20 Å². The molecule has 158 valence electrons. The lowest BCUT2D eigenvalue weighted by atomic mass is 10.2. The zero-order chi connectivity index (χ0) is 22.2. The van der Waals surface area contributed by atoms with Gasteiger partial charge in [0.25, 0.3) is 5.91 Å². The minimum atomic E-state index is -0.339. The van der Waals surface area contributed by atoms with Gasteiger partial charge in [-0.2, -0.15) is 0 Å². The standard InChI is InChI=1S/C25H16N6OS/c32-24(21-22(27-14-13-26-21)25-31-19-7-3-4-8-20(19)33-25)28-16-11-9-15(10-12-16)23-29-17-5-1-2-6-18(17)30-23/h1-14H,(H,28,32)(H,29,30). The van der Waals surface area contributed by atoms with Crippen LogP contribution in [0.3, 0.4) is 0 Å².